The van der Waals surface area contributed by atoms with Gasteiger partial charge in [0.05, 0.1) is 0 Å². The van der Waals surface area contributed by atoms with E-state index in [9.17, 15) is 14.4 Å². The molecule has 3 amide bonds. The quantitative estimate of drug-likeness (QED) is 0.377. The summed E-state index contributed by atoms with van der Waals surface area (Å²) < 4.78 is 6.52. The second kappa shape index (κ2) is 7.85. The van der Waals surface area contributed by atoms with Gasteiger partial charge in [0.2, 0.25) is 5.91 Å². The number of carbonyl (C=O) groups is 3. The van der Waals surface area contributed by atoms with E-state index in [0.717, 1.165) is 16.1 Å². The SMILES string of the molecule is C[Si](C)(C)CCOCN1C(=O)CC[C@@H](N2Cc3cc(Br)ccc3C2=O)C1=O. The molecule has 1 saturated heterocycles. The van der Waals surface area contributed by atoms with E-state index < -0.39 is 14.1 Å². The molecule has 146 valence electrons. The molecule has 0 spiro atoms. The van der Waals surface area contributed by atoms with Crippen molar-refractivity contribution in [1.82, 2.24) is 9.80 Å². The topological polar surface area (TPSA) is 66.9 Å². The van der Waals surface area contributed by atoms with Crippen LogP contribution in [0.1, 0.15) is 28.8 Å². The standard InChI is InChI=1S/C19H25BrN2O4Si/c1-27(2,3)9-8-26-12-22-17(23)7-6-16(19(22)25)21-11-13-10-14(20)4-5-15(13)18(21)24/h4-5,10,16H,6-9,11-12H2,1-3H3/t16-/m1/s1. The number of carbonyl (C=O) groups excluding carboxylic acids is 3. The van der Waals surface area contributed by atoms with E-state index >= 15 is 0 Å². The van der Waals surface area contributed by atoms with Crippen LogP contribution in [0.4, 0.5) is 0 Å². The molecule has 0 saturated carbocycles. The van der Waals surface area contributed by atoms with E-state index in [2.05, 4.69) is 35.6 Å². The van der Waals surface area contributed by atoms with Crippen LogP contribution >= 0.6 is 15.9 Å². The Morgan fingerprint density at radius 2 is 1.96 bits per heavy atom. The largest absolute Gasteiger partial charge is 0.361 e. The highest BCUT2D eigenvalue weighted by molar-refractivity contribution is 9.10. The predicted molar refractivity (Wildman–Crippen MR) is 108 cm³/mol. The molecule has 8 heteroatoms. The molecule has 0 bridgehead atoms. The smallest absolute Gasteiger partial charge is 0.255 e. The first-order valence-electron chi connectivity index (χ1n) is 9.19. The van der Waals surface area contributed by atoms with Crippen molar-refractivity contribution < 1.29 is 19.1 Å². The molecule has 1 atom stereocenters. The number of piperidine rings is 1. The van der Waals surface area contributed by atoms with Crippen molar-refractivity contribution in [2.75, 3.05) is 13.3 Å². The number of imide groups is 1. The number of rotatable bonds is 6. The second-order valence-corrected chi connectivity index (χ2v) is 14.8. The van der Waals surface area contributed by atoms with Crippen LogP contribution in [0.5, 0.6) is 0 Å². The van der Waals surface area contributed by atoms with Crippen molar-refractivity contribution in [3.8, 4) is 0 Å². The van der Waals surface area contributed by atoms with Crippen LogP contribution in [-0.4, -0.2) is 55.0 Å². The zero-order chi connectivity index (χ0) is 19.8. The molecule has 2 aliphatic heterocycles. The van der Waals surface area contributed by atoms with Crippen molar-refractivity contribution in [3.05, 3.63) is 33.8 Å². The van der Waals surface area contributed by atoms with Crippen LogP contribution in [-0.2, 0) is 20.9 Å². The summed E-state index contributed by atoms with van der Waals surface area (Å²) in [5, 5.41) is 0. The second-order valence-electron chi connectivity index (χ2n) is 8.30. The number of ether oxygens (including phenoxy) is 1. The van der Waals surface area contributed by atoms with Crippen LogP contribution in [0, 0.1) is 0 Å². The molecular formula is C19H25BrN2O4Si. The first-order chi connectivity index (χ1) is 12.7. The number of nitrogens with zero attached hydrogens (tertiary/aromatic N) is 2. The van der Waals surface area contributed by atoms with Crippen molar-refractivity contribution in [2.45, 2.75) is 51.1 Å². The number of likely N-dealkylation sites (tertiary alicyclic amines) is 1. The van der Waals surface area contributed by atoms with Gasteiger partial charge >= 0.3 is 0 Å². The molecule has 6 nitrogen and oxygen atoms in total. The molecule has 1 fully saturated rings. The molecule has 1 aromatic rings. The van der Waals surface area contributed by atoms with Gasteiger partial charge in [-0.25, -0.2) is 0 Å². The van der Waals surface area contributed by atoms with E-state index in [1.165, 1.54) is 4.90 Å². The summed E-state index contributed by atoms with van der Waals surface area (Å²) >= 11 is 3.42. The van der Waals surface area contributed by atoms with Gasteiger partial charge in [-0.15, -0.1) is 0 Å². The number of benzene rings is 1. The molecule has 1 aromatic carbocycles. The number of amides is 3. The fraction of sp³-hybridized carbons (Fsp3) is 0.526. The van der Waals surface area contributed by atoms with Crippen LogP contribution in [0.25, 0.3) is 0 Å². The summed E-state index contributed by atoms with van der Waals surface area (Å²) in [4.78, 5) is 40.6. The van der Waals surface area contributed by atoms with Gasteiger partial charge in [-0.1, -0.05) is 35.6 Å². The normalized spacial score (nSPS) is 20.4. The van der Waals surface area contributed by atoms with Gasteiger partial charge in [-0.05, 0) is 36.2 Å². The van der Waals surface area contributed by atoms with E-state index in [4.69, 9.17) is 4.74 Å². The Bertz CT molecular complexity index is 777. The fourth-order valence-electron chi connectivity index (χ4n) is 3.34. The van der Waals surface area contributed by atoms with Gasteiger partial charge in [0.25, 0.3) is 11.8 Å². The molecule has 0 unspecified atom stereocenters. The molecule has 2 heterocycles. The van der Waals surface area contributed by atoms with E-state index in [1.807, 2.05) is 12.1 Å². The maximum absolute atomic E-state index is 12.9. The highest BCUT2D eigenvalue weighted by atomic mass is 79.9. The monoisotopic (exact) mass is 452 g/mol. The highest BCUT2D eigenvalue weighted by Gasteiger charge is 2.42. The number of hydrogen-bond donors (Lipinski definition) is 0. The Kier molecular flexibility index (Phi) is 5.88. The van der Waals surface area contributed by atoms with Crippen molar-refractivity contribution in [3.63, 3.8) is 0 Å². The molecule has 2 aliphatic rings. The summed E-state index contributed by atoms with van der Waals surface area (Å²) in [7, 11) is -1.23. The molecule has 0 aliphatic carbocycles. The van der Waals surface area contributed by atoms with E-state index in [1.54, 1.807) is 11.0 Å². The third kappa shape index (κ3) is 4.49. The summed E-state index contributed by atoms with van der Waals surface area (Å²) in [6.45, 7) is 7.65. The van der Waals surface area contributed by atoms with Crippen LogP contribution in [0.15, 0.2) is 22.7 Å². The Labute approximate surface area is 169 Å². The predicted octanol–water partition coefficient (Wildman–Crippen LogP) is 3.23. The molecule has 0 aromatic heterocycles. The maximum Gasteiger partial charge on any atom is 0.255 e. The lowest BCUT2D eigenvalue weighted by molar-refractivity contribution is -0.158. The Balaban J connectivity index is 1.66. The average molecular weight is 453 g/mol. The number of fused-ring (bicyclic) bond motifs is 1. The summed E-state index contributed by atoms with van der Waals surface area (Å²) in [6, 6.07) is 5.87. The number of halogens is 1. The number of hydrogen-bond acceptors (Lipinski definition) is 4. The van der Waals surface area contributed by atoms with Crippen molar-refractivity contribution >= 4 is 41.7 Å². The van der Waals surface area contributed by atoms with Gasteiger partial charge in [-0.2, -0.15) is 0 Å². The lowest BCUT2D eigenvalue weighted by atomic mass is 10.0. The van der Waals surface area contributed by atoms with Crippen molar-refractivity contribution in [1.29, 1.82) is 0 Å². The minimum atomic E-state index is -1.23. The van der Waals surface area contributed by atoms with Crippen LogP contribution in [0.2, 0.25) is 25.7 Å². The minimum absolute atomic E-state index is 0.0286. The lowest BCUT2D eigenvalue weighted by Crippen LogP contribution is -2.55. The molecular weight excluding hydrogens is 428 g/mol. The fourth-order valence-corrected chi connectivity index (χ4v) is 4.51. The summed E-state index contributed by atoms with van der Waals surface area (Å²) in [5.41, 5.74) is 1.53. The highest BCUT2D eigenvalue weighted by Crippen LogP contribution is 2.30. The minimum Gasteiger partial charge on any atom is -0.361 e. The Hall–Kier alpha value is -1.51. The zero-order valence-corrected chi connectivity index (χ0v) is 18.5. The van der Waals surface area contributed by atoms with Gasteiger partial charge < -0.3 is 9.64 Å². The first-order valence-corrected chi connectivity index (χ1v) is 13.7. The summed E-state index contributed by atoms with van der Waals surface area (Å²) in [5.74, 6) is -0.708. The van der Waals surface area contributed by atoms with E-state index in [-0.39, 0.29) is 30.9 Å². The van der Waals surface area contributed by atoms with Gasteiger partial charge in [0, 0.05) is 37.7 Å². The average Bonchev–Trinajstić information content (AvgIpc) is 2.89. The van der Waals surface area contributed by atoms with Gasteiger partial charge in [0.15, 0.2) is 0 Å². The van der Waals surface area contributed by atoms with Crippen molar-refractivity contribution in [2.24, 2.45) is 0 Å². The Morgan fingerprint density at radius 3 is 2.67 bits per heavy atom. The van der Waals surface area contributed by atoms with E-state index in [0.29, 0.717) is 25.1 Å². The lowest BCUT2D eigenvalue weighted by Gasteiger charge is -2.35. The maximum atomic E-state index is 12.9. The third-order valence-corrected chi connectivity index (χ3v) is 7.17. The summed E-state index contributed by atoms with van der Waals surface area (Å²) in [6.07, 6.45) is 0.613. The zero-order valence-electron chi connectivity index (χ0n) is 16.0. The van der Waals surface area contributed by atoms with Gasteiger partial charge in [-0.3, -0.25) is 19.3 Å². The van der Waals surface area contributed by atoms with Crippen LogP contribution < -0.4 is 0 Å². The van der Waals surface area contributed by atoms with Crippen LogP contribution in [0.3, 0.4) is 0 Å². The van der Waals surface area contributed by atoms with Gasteiger partial charge in [0.1, 0.15) is 12.8 Å². The first kappa shape index (κ1) is 20.2. The molecule has 0 N–H and O–H groups in total. The molecule has 27 heavy (non-hydrogen) atoms. The molecule has 0 radical (unpaired) electrons. The third-order valence-electron chi connectivity index (χ3n) is 4.98. The molecule has 3 rings (SSSR count). The Morgan fingerprint density at radius 1 is 1.22 bits per heavy atom.